The van der Waals surface area contributed by atoms with Crippen molar-refractivity contribution in [3.8, 4) is 0 Å². The summed E-state index contributed by atoms with van der Waals surface area (Å²) < 4.78 is 2.23. The highest BCUT2D eigenvalue weighted by molar-refractivity contribution is 5.32. The molecule has 0 aliphatic heterocycles. The van der Waals surface area contributed by atoms with Crippen molar-refractivity contribution in [2.45, 2.75) is 38.6 Å². The third kappa shape index (κ3) is 1.75. The predicted molar refractivity (Wildman–Crippen MR) is 64.8 cm³/mol. The molecular weight excluding hydrogens is 238 g/mol. The Kier molecular flexibility index (Phi) is 3.06. The normalized spacial score (nSPS) is 16.1. The molecule has 0 bridgehead atoms. The van der Waals surface area contributed by atoms with Gasteiger partial charge in [0, 0.05) is 13.1 Å². The van der Waals surface area contributed by atoms with E-state index in [0.29, 0.717) is 0 Å². The van der Waals surface area contributed by atoms with Crippen molar-refractivity contribution in [2.75, 3.05) is 0 Å². The Hall–Kier alpha value is -1.92. The fraction of sp³-hybridized carbons (Fsp3) is 0.636. The van der Waals surface area contributed by atoms with E-state index >= 15 is 0 Å². The maximum atomic E-state index is 12.1. The van der Waals surface area contributed by atoms with Crippen LogP contribution in [0.15, 0.2) is 9.59 Å². The molecule has 0 atom stereocenters. The van der Waals surface area contributed by atoms with Crippen LogP contribution in [-0.2, 0) is 7.05 Å². The average molecular weight is 253 g/mol. The summed E-state index contributed by atoms with van der Waals surface area (Å²) in [6.45, 7) is 1.47. The number of nitrogens with zero attached hydrogens (tertiary/aromatic N) is 3. The van der Waals surface area contributed by atoms with E-state index in [4.69, 9.17) is 0 Å². The van der Waals surface area contributed by atoms with E-state index in [1.807, 2.05) is 0 Å². The van der Waals surface area contributed by atoms with Gasteiger partial charge in [-0.15, -0.1) is 0 Å². The highest BCUT2D eigenvalue weighted by Crippen LogP contribution is 2.30. The molecule has 0 amide bonds. The summed E-state index contributed by atoms with van der Waals surface area (Å²) in [6, 6.07) is -0.0250. The minimum atomic E-state index is -0.836. The Bertz CT molecular complexity index is 608. The first kappa shape index (κ1) is 12.5. The molecule has 1 aliphatic carbocycles. The first-order valence-electron chi connectivity index (χ1n) is 5.91. The second-order valence-corrected chi connectivity index (χ2v) is 4.65. The van der Waals surface area contributed by atoms with Gasteiger partial charge in [0.05, 0.1) is 4.92 Å². The fourth-order valence-electron chi connectivity index (χ4n) is 2.62. The zero-order chi connectivity index (χ0) is 13.4. The van der Waals surface area contributed by atoms with Gasteiger partial charge in [-0.1, -0.05) is 12.8 Å². The molecule has 1 aliphatic rings. The molecule has 2 rings (SSSR count). The van der Waals surface area contributed by atoms with Crippen LogP contribution in [0.5, 0.6) is 0 Å². The summed E-state index contributed by atoms with van der Waals surface area (Å²) in [5, 5.41) is 11.0. The third-order valence-corrected chi connectivity index (χ3v) is 3.58. The van der Waals surface area contributed by atoms with E-state index in [2.05, 4.69) is 0 Å². The SMILES string of the molecule is Cc1c([N+](=O)[O-])c(=O)n(C)c(=O)n1C1CCCC1. The molecule has 0 unspecified atom stereocenters. The van der Waals surface area contributed by atoms with Gasteiger partial charge in [-0.2, -0.15) is 0 Å². The minimum absolute atomic E-state index is 0.0250. The van der Waals surface area contributed by atoms with Gasteiger partial charge < -0.3 is 0 Å². The van der Waals surface area contributed by atoms with Crippen LogP contribution in [0.1, 0.15) is 37.4 Å². The molecular formula is C11H15N3O4. The van der Waals surface area contributed by atoms with Crippen LogP contribution in [0.2, 0.25) is 0 Å². The van der Waals surface area contributed by atoms with Gasteiger partial charge in [0.25, 0.3) is 0 Å². The molecule has 0 radical (unpaired) electrons. The van der Waals surface area contributed by atoms with Crippen LogP contribution in [0.4, 0.5) is 5.69 Å². The van der Waals surface area contributed by atoms with E-state index in [1.54, 1.807) is 0 Å². The van der Waals surface area contributed by atoms with Crippen molar-refractivity contribution in [3.63, 3.8) is 0 Å². The topological polar surface area (TPSA) is 87.1 Å². The van der Waals surface area contributed by atoms with Gasteiger partial charge in [-0.3, -0.25) is 24.0 Å². The molecule has 0 N–H and O–H groups in total. The molecule has 0 spiro atoms. The zero-order valence-electron chi connectivity index (χ0n) is 10.4. The predicted octanol–water partition coefficient (Wildman–Crippen LogP) is 0.879. The molecule has 1 saturated carbocycles. The van der Waals surface area contributed by atoms with Gasteiger partial charge in [0.2, 0.25) is 0 Å². The van der Waals surface area contributed by atoms with Crippen LogP contribution in [0.25, 0.3) is 0 Å². The molecule has 98 valence electrons. The molecule has 18 heavy (non-hydrogen) atoms. The van der Waals surface area contributed by atoms with Crippen LogP contribution in [0.3, 0.4) is 0 Å². The molecule has 1 heterocycles. The summed E-state index contributed by atoms with van der Waals surface area (Å²) in [4.78, 5) is 34.0. The molecule has 1 aromatic heterocycles. The maximum Gasteiger partial charge on any atom is 0.353 e. The summed E-state index contributed by atoms with van der Waals surface area (Å²) in [5.74, 6) is 0. The van der Waals surface area contributed by atoms with Gasteiger partial charge in [0.1, 0.15) is 5.69 Å². The van der Waals surface area contributed by atoms with Crippen LogP contribution >= 0.6 is 0 Å². The Morgan fingerprint density at radius 2 is 1.83 bits per heavy atom. The van der Waals surface area contributed by atoms with Crippen LogP contribution in [-0.4, -0.2) is 14.1 Å². The Morgan fingerprint density at radius 3 is 2.33 bits per heavy atom. The van der Waals surface area contributed by atoms with Crippen LogP contribution < -0.4 is 11.2 Å². The van der Waals surface area contributed by atoms with Gasteiger partial charge >= 0.3 is 16.9 Å². The van der Waals surface area contributed by atoms with E-state index in [9.17, 15) is 19.7 Å². The number of rotatable bonds is 2. The molecule has 0 aromatic carbocycles. The second kappa shape index (κ2) is 4.40. The van der Waals surface area contributed by atoms with Crippen molar-refractivity contribution in [2.24, 2.45) is 7.05 Å². The molecule has 7 heteroatoms. The Labute approximate surface area is 103 Å². The molecule has 0 saturated heterocycles. The average Bonchev–Trinajstić information content (AvgIpc) is 2.79. The van der Waals surface area contributed by atoms with E-state index in [0.717, 1.165) is 30.3 Å². The molecule has 1 aromatic rings. The smallest absolute Gasteiger partial charge is 0.288 e. The van der Waals surface area contributed by atoms with E-state index in [1.165, 1.54) is 18.5 Å². The first-order valence-corrected chi connectivity index (χ1v) is 5.91. The Balaban J connectivity index is 2.77. The lowest BCUT2D eigenvalue weighted by Crippen LogP contribution is -2.41. The van der Waals surface area contributed by atoms with Gasteiger partial charge in [-0.05, 0) is 19.8 Å². The Morgan fingerprint density at radius 1 is 1.28 bits per heavy atom. The number of hydrogen-bond donors (Lipinski definition) is 0. The quantitative estimate of drug-likeness (QED) is 0.578. The van der Waals surface area contributed by atoms with Crippen molar-refractivity contribution >= 4 is 5.69 Å². The fourth-order valence-corrected chi connectivity index (χ4v) is 2.62. The second-order valence-electron chi connectivity index (χ2n) is 4.65. The zero-order valence-corrected chi connectivity index (χ0v) is 10.4. The molecule has 1 fully saturated rings. The molecule has 7 nitrogen and oxygen atoms in total. The summed E-state index contributed by atoms with van der Waals surface area (Å²) in [6.07, 6.45) is 3.67. The standard InChI is InChI=1S/C11H15N3O4/c1-7-9(14(17)18)10(15)12(2)11(16)13(7)8-5-3-4-6-8/h8H,3-6H2,1-2H3. The van der Waals surface area contributed by atoms with Crippen molar-refractivity contribution < 1.29 is 4.92 Å². The first-order chi connectivity index (χ1) is 8.45. The number of nitro groups is 1. The van der Waals surface area contributed by atoms with Gasteiger partial charge in [0.15, 0.2) is 0 Å². The highest BCUT2D eigenvalue weighted by atomic mass is 16.6. The summed E-state index contributed by atoms with van der Waals surface area (Å²) >= 11 is 0. The lowest BCUT2D eigenvalue weighted by Gasteiger charge is -2.17. The monoisotopic (exact) mass is 253 g/mol. The minimum Gasteiger partial charge on any atom is -0.288 e. The number of hydrogen-bond acceptors (Lipinski definition) is 4. The highest BCUT2D eigenvalue weighted by Gasteiger charge is 2.28. The lowest BCUT2D eigenvalue weighted by atomic mass is 10.2. The summed E-state index contributed by atoms with van der Waals surface area (Å²) in [5.41, 5.74) is -1.63. The van der Waals surface area contributed by atoms with E-state index < -0.39 is 21.9 Å². The van der Waals surface area contributed by atoms with Gasteiger partial charge in [-0.25, -0.2) is 4.79 Å². The largest absolute Gasteiger partial charge is 0.353 e. The van der Waals surface area contributed by atoms with Crippen molar-refractivity contribution in [3.05, 3.63) is 36.6 Å². The summed E-state index contributed by atoms with van der Waals surface area (Å²) in [7, 11) is 1.28. The van der Waals surface area contributed by atoms with Crippen molar-refractivity contribution in [1.29, 1.82) is 0 Å². The number of aromatic nitrogens is 2. The van der Waals surface area contributed by atoms with Crippen molar-refractivity contribution in [1.82, 2.24) is 9.13 Å². The van der Waals surface area contributed by atoms with Crippen LogP contribution in [0, 0.1) is 17.0 Å². The third-order valence-electron chi connectivity index (χ3n) is 3.58. The lowest BCUT2D eigenvalue weighted by molar-refractivity contribution is -0.387. The van der Waals surface area contributed by atoms with E-state index in [-0.39, 0.29) is 11.7 Å². The maximum absolute atomic E-state index is 12.1.